The number of hydrogen-bond acceptors (Lipinski definition) is 10. The van der Waals surface area contributed by atoms with E-state index >= 15 is 0 Å². The zero-order chi connectivity index (χ0) is 27.9. The van der Waals surface area contributed by atoms with Crippen LogP contribution in [0.25, 0.3) is 11.3 Å². The maximum absolute atomic E-state index is 12.8. The molecule has 0 radical (unpaired) electrons. The number of amides is 1. The Hall–Kier alpha value is -4.50. The fraction of sp³-hybridized carbons (Fsp3) is 0.429. The first-order valence-corrected chi connectivity index (χ1v) is 13.5. The minimum Gasteiger partial charge on any atom is -0.433 e. The van der Waals surface area contributed by atoms with Crippen LogP contribution in [0.1, 0.15) is 55.4 Å². The molecule has 12 nitrogen and oxygen atoms in total. The van der Waals surface area contributed by atoms with Crippen molar-refractivity contribution in [3.63, 3.8) is 0 Å². The molecule has 3 heterocycles. The minimum absolute atomic E-state index is 0.00713. The number of nitriles is 1. The maximum Gasteiger partial charge on any atom is 0.527 e. The second kappa shape index (κ2) is 12.6. The van der Waals surface area contributed by atoms with E-state index < -0.39 is 6.16 Å². The molecule has 1 aromatic carbocycles. The summed E-state index contributed by atoms with van der Waals surface area (Å²) in [6, 6.07) is 11.3. The summed E-state index contributed by atoms with van der Waals surface area (Å²) in [4.78, 5) is 38.3. The molecule has 2 aliphatic rings. The normalized spacial score (nSPS) is 16.5. The number of piperidine rings is 1. The highest BCUT2D eigenvalue weighted by atomic mass is 16.8. The Morgan fingerprint density at radius 2 is 1.93 bits per heavy atom. The van der Waals surface area contributed by atoms with Gasteiger partial charge < -0.3 is 20.2 Å². The number of nitrogens with one attached hydrogen (secondary N) is 2. The van der Waals surface area contributed by atoms with Gasteiger partial charge in [0.15, 0.2) is 0 Å². The van der Waals surface area contributed by atoms with Crippen molar-refractivity contribution in [2.24, 2.45) is 5.92 Å². The standard InChI is InChI=1S/C28H32N8O4/c1-2-39-28(38)40-35-15-11-23(12-16-35)32-26(37)20-5-7-22(8-6-20)33-27-30-14-10-24(34-27)21-17-31-36(18-21)25(9-13-29)19-3-4-19/h5-8,10,14,17-19,23,25H,2-4,9,11-12,15-16H2,1H3,(H,32,37)(H,30,33,34). The Bertz CT molecular complexity index is 1360. The topological polar surface area (TPSA) is 147 Å². The van der Waals surface area contributed by atoms with E-state index in [-0.39, 0.29) is 24.6 Å². The van der Waals surface area contributed by atoms with Gasteiger partial charge in [-0.1, -0.05) is 0 Å². The first-order valence-electron chi connectivity index (χ1n) is 13.5. The van der Waals surface area contributed by atoms with Crippen LogP contribution in [0, 0.1) is 17.2 Å². The van der Waals surface area contributed by atoms with Gasteiger partial charge >= 0.3 is 6.16 Å². The van der Waals surface area contributed by atoms with Crippen LogP contribution in [0.15, 0.2) is 48.9 Å². The third kappa shape index (κ3) is 6.92. The highest BCUT2D eigenvalue weighted by molar-refractivity contribution is 5.94. The van der Waals surface area contributed by atoms with E-state index in [1.807, 2.05) is 16.9 Å². The van der Waals surface area contributed by atoms with Crippen LogP contribution >= 0.6 is 0 Å². The molecule has 2 N–H and O–H groups in total. The van der Waals surface area contributed by atoms with Gasteiger partial charge in [0.2, 0.25) is 5.95 Å². The van der Waals surface area contributed by atoms with Gasteiger partial charge in [0, 0.05) is 48.3 Å². The molecule has 0 bridgehead atoms. The molecule has 5 rings (SSSR count). The maximum atomic E-state index is 12.8. The number of carbonyl (C=O) groups excluding carboxylic acids is 2. The first kappa shape index (κ1) is 27.1. The summed E-state index contributed by atoms with van der Waals surface area (Å²) >= 11 is 0. The largest absolute Gasteiger partial charge is 0.527 e. The average molecular weight is 545 g/mol. The predicted octanol–water partition coefficient (Wildman–Crippen LogP) is 4.23. The molecule has 1 saturated carbocycles. The molecule has 1 aliphatic carbocycles. The van der Waals surface area contributed by atoms with Crippen LogP contribution in [0.3, 0.4) is 0 Å². The fourth-order valence-corrected chi connectivity index (χ4v) is 4.73. The van der Waals surface area contributed by atoms with Crippen molar-refractivity contribution in [2.75, 3.05) is 25.0 Å². The van der Waals surface area contributed by atoms with Crippen molar-refractivity contribution >= 4 is 23.7 Å². The van der Waals surface area contributed by atoms with E-state index in [0.29, 0.717) is 49.8 Å². The summed E-state index contributed by atoms with van der Waals surface area (Å²) in [5, 5.41) is 21.5. The van der Waals surface area contributed by atoms with Crippen LogP contribution in [0.4, 0.5) is 16.4 Å². The summed E-state index contributed by atoms with van der Waals surface area (Å²) in [6.07, 6.45) is 8.73. The van der Waals surface area contributed by atoms with E-state index in [1.165, 1.54) is 0 Å². The number of carbonyl (C=O) groups is 2. The van der Waals surface area contributed by atoms with Crippen molar-refractivity contribution in [1.29, 1.82) is 5.26 Å². The van der Waals surface area contributed by atoms with Crippen LogP contribution in [0.2, 0.25) is 0 Å². The predicted molar refractivity (Wildman–Crippen MR) is 145 cm³/mol. The lowest BCUT2D eigenvalue weighted by Crippen LogP contribution is -2.45. The molecular formula is C28H32N8O4. The minimum atomic E-state index is -0.707. The molecule has 3 aromatic rings. The molecule has 2 aromatic heterocycles. The quantitative estimate of drug-likeness (QED) is 0.355. The van der Waals surface area contributed by atoms with Crippen molar-refractivity contribution < 1.29 is 19.2 Å². The van der Waals surface area contributed by atoms with E-state index in [4.69, 9.17) is 9.57 Å². The number of ether oxygens (including phenoxy) is 1. The molecule has 1 amide bonds. The highest BCUT2D eigenvalue weighted by Gasteiger charge is 2.33. The van der Waals surface area contributed by atoms with Crippen molar-refractivity contribution in [2.45, 2.75) is 51.1 Å². The van der Waals surface area contributed by atoms with Crippen LogP contribution < -0.4 is 10.6 Å². The molecule has 2 fully saturated rings. The molecule has 1 aliphatic heterocycles. The molecule has 12 heteroatoms. The van der Waals surface area contributed by atoms with Crippen LogP contribution in [-0.4, -0.2) is 62.6 Å². The number of aromatic nitrogens is 4. The van der Waals surface area contributed by atoms with Gasteiger partial charge in [-0.3, -0.25) is 9.48 Å². The number of benzene rings is 1. The number of anilines is 2. The third-order valence-corrected chi connectivity index (χ3v) is 7.02. The first-order chi connectivity index (χ1) is 19.5. The van der Waals surface area contributed by atoms with Crippen molar-refractivity contribution in [1.82, 2.24) is 30.1 Å². The summed E-state index contributed by atoms with van der Waals surface area (Å²) in [6.45, 7) is 3.02. The van der Waals surface area contributed by atoms with Gasteiger partial charge in [-0.15, -0.1) is 5.06 Å². The Morgan fingerprint density at radius 3 is 2.62 bits per heavy atom. The Balaban J connectivity index is 1.14. The summed E-state index contributed by atoms with van der Waals surface area (Å²) in [5.74, 6) is 0.785. The van der Waals surface area contributed by atoms with Gasteiger partial charge in [-0.2, -0.15) is 10.4 Å². The molecule has 208 valence electrons. The number of rotatable bonds is 10. The van der Waals surface area contributed by atoms with E-state index in [1.54, 1.807) is 48.6 Å². The van der Waals surface area contributed by atoms with Crippen LogP contribution in [0.5, 0.6) is 0 Å². The molecule has 1 atom stereocenters. The van der Waals surface area contributed by atoms with E-state index in [2.05, 4.69) is 31.8 Å². The van der Waals surface area contributed by atoms with E-state index in [9.17, 15) is 14.9 Å². The SMILES string of the molecule is CCOC(=O)ON1CCC(NC(=O)c2ccc(Nc3nccc(-c4cnn(C(CC#N)C5CC5)c4)n3)cc2)CC1. The van der Waals surface area contributed by atoms with Gasteiger partial charge in [-0.05, 0) is 68.9 Å². The Morgan fingerprint density at radius 1 is 1.15 bits per heavy atom. The monoisotopic (exact) mass is 544 g/mol. The number of hydroxylamine groups is 2. The van der Waals surface area contributed by atoms with Gasteiger partial charge in [0.05, 0.1) is 37.0 Å². The molecular weight excluding hydrogens is 512 g/mol. The third-order valence-electron chi connectivity index (χ3n) is 7.02. The molecule has 0 spiro atoms. The average Bonchev–Trinajstić information content (AvgIpc) is 3.69. The fourth-order valence-electron chi connectivity index (χ4n) is 4.73. The van der Waals surface area contributed by atoms with Gasteiger partial charge in [-0.25, -0.2) is 14.8 Å². The lowest BCUT2D eigenvalue weighted by Gasteiger charge is -2.30. The van der Waals surface area contributed by atoms with Crippen LogP contribution in [-0.2, 0) is 9.57 Å². The molecule has 40 heavy (non-hydrogen) atoms. The Kier molecular flexibility index (Phi) is 8.51. The van der Waals surface area contributed by atoms with Gasteiger partial charge in [0.25, 0.3) is 5.91 Å². The smallest absolute Gasteiger partial charge is 0.433 e. The number of nitrogens with zero attached hydrogens (tertiary/aromatic N) is 6. The zero-order valence-electron chi connectivity index (χ0n) is 22.3. The lowest BCUT2D eigenvalue weighted by molar-refractivity contribution is -0.139. The Labute approximate surface area is 232 Å². The second-order valence-electron chi connectivity index (χ2n) is 9.89. The molecule has 1 unspecified atom stereocenters. The second-order valence-corrected chi connectivity index (χ2v) is 9.89. The lowest BCUT2D eigenvalue weighted by atomic mass is 10.1. The van der Waals surface area contributed by atoms with Gasteiger partial charge in [0.1, 0.15) is 0 Å². The number of hydrogen-bond donors (Lipinski definition) is 2. The summed E-state index contributed by atoms with van der Waals surface area (Å²) in [7, 11) is 0. The summed E-state index contributed by atoms with van der Waals surface area (Å²) in [5.41, 5.74) is 2.88. The van der Waals surface area contributed by atoms with Crippen molar-refractivity contribution in [3.05, 3.63) is 54.5 Å². The van der Waals surface area contributed by atoms with E-state index in [0.717, 1.165) is 29.8 Å². The summed E-state index contributed by atoms with van der Waals surface area (Å²) < 4.78 is 6.68. The highest BCUT2D eigenvalue weighted by Crippen LogP contribution is 2.41. The van der Waals surface area contributed by atoms with Crippen molar-refractivity contribution in [3.8, 4) is 17.3 Å². The zero-order valence-corrected chi connectivity index (χ0v) is 22.3. The molecule has 1 saturated heterocycles.